The van der Waals surface area contributed by atoms with E-state index in [0.717, 1.165) is 5.56 Å². The molecule has 4 aliphatic rings. The molecule has 4 heterocycles. The van der Waals surface area contributed by atoms with E-state index in [-0.39, 0.29) is 51.7 Å². The second-order valence-corrected chi connectivity index (χ2v) is 20.0. The molecule has 2 saturated heterocycles. The number of likely N-dealkylation sites (tertiary alicyclic amines) is 2. The maximum atomic E-state index is 14.9. The van der Waals surface area contributed by atoms with E-state index < -0.39 is 85.9 Å². The summed E-state index contributed by atoms with van der Waals surface area (Å²) in [5.74, 6) is -4.75. The number of alkyl halides is 3. The van der Waals surface area contributed by atoms with E-state index in [1.54, 1.807) is 64.5 Å². The minimum absolute atomic E-state index is 0.0503. The lowest BCUT2D eigenvalue weighted by Crippen LogP contribution is -2.57. The third-order valence-corrected chi connectivity index (χ3v) is 14.6. The van der Waals surface area contributed by atoms with Crippen molar-refractivity contribution in [3.63, 3.8) is 0 Å². The Bertz CT molecular complexity index is 2360. The standard InChI is InChI=1S/C44H53F3N6O8S/c1-7-27-22-43(27,41(57)51-62(58,59)30-10-11-30)50-39(55)34-19-29(61-36-21-33(26-9-8-16-48-23-26)49-38-25(2)35(60-6)13-12-31(36)38)24-53(34)40(56)32(42(3,4)5)20-37(54)52-17-14-28(15-18-52)44(45,46)47/h7-9,12-13,16,21,23,27-30,32,34H,1,10-11,14-15,17-20,22,24H2,2-6H3,(H,50,55)(H,51,57)/t27-,29-,32-,34+,43?/m1/s1. The number of rotatable bonds is 13. The van der Waals surface area contributed by atoms with Crippen LogP contribution in [0.2, 0.25) is 0 Å². The summed E-state index contributed by atoms with van der Waals surface area (Å²) >= 11 is 0. The van der Waals surface area contributed by atoms with E-state index in [9.17, 15) is 40.8 Å². The number of hydrogen-bond acceptors (Lipinski definition) is 10. The van der Waals surface area contributed by atoms with Gasteiger partial charge in [-0.25, -0.2) is 13.4 Å². The molecular formula is C44H53F3N6O8S. The van der Waals surface area contributed by atoms with E-state index in [2.05, 4.69) is 21.6 Å². The Labute approximate surface area is 359 Å². The van der Waals surface area contributed by atoms with E-state index in [4.69, 9.17) is 14.5 Å². The second kappa shape index (κ2) is 16.8. The fraction of sp³-hybridized carbons (Fsp3) is 0.545. The number of halogens is 3. The zero-order valence-corrected chi connectivity index (χ0v) is 36.3. The third-order valence-electron chi connectivity index (χ3n) is 12.7. The Balaban J connectivity index is 1.21. The van der Waals surface area contributed by atoms with Crippen molar-refractivity contribution in [2.24, 2.45) is 23.2 Å². The van der Waals surface area contributed by atoms with Crippen molar-refractivity contribution in [2.45, 2.75) is 102 Å². The van der Waals surface area contributed by atoms with Crippen molar-refractivity contribution < 1.29 is 50.2 Å². The summed E-state index contributed by atoms with van der Waals surface area (Å²) in [6.07, 6.45) is -0.332. The third kappa shape index (κ3) is 9.11. The summed E-state index contributed by atoms with van der Waals surface area (Å²) in [5.41, 5.74) is 0.0970. The van der Waals surface area contributed by atoms with Crippen LogP contribution < -0.4 is 19.5 Å². The SMILES string of the molecule is C=C[C@@H]1CC1(NC(=O)[C@@H]1C[C@@H](Oc2cc(-c3cccnc3)nc3c(C)c(OC)ccc23)CN1C(=O)[C@@H](CC(=O)N1CCC(C(F)(F)F)CC1)C(C)(C)C)C(=O)NS(=O)(=O)C1CC1. The lowest BCUT2D eigenvalue weighted by molar-refractivity contribution is -0.186. The number of aromatic nitrogens is 2. The first-order valence-electron chi connectivity index (χ1n) is 20.9. The summed E-state index contributed by atoms with van der Waals surface area (Å²) in [6, 6.07) is 7.72. The molecule has 1 unspecified atom stereocenters. The van der Waals surface area contributed by atoms with Gasteiger partial charge in [0.2, 0.25) is 27.7 Å². The molecule has 4 amide bonds. The second-order valence-electron chi connectivity index (χ2n) is 18.0. The minimum atomic E-state index is -4.37. The van der Waals surface area contributed by atoms with Crippen LogP contribution in [0.5, 0.6) is 11.5 Å². The number of carbonyl (C=O) groups excluding carboxylic acids is 4. The predicted octanol–water partition coefficient (Wildman–Crippen LogP) is 5.48. The molecule has 0 bridgehead atoms. The summed E-state index contributed by atoms with van der Waals surface area (Å²) in [6.45, 7) is 10.7. The van der Waals surface area contributed by atoms with Crippen molar-refractivity contribution in [3.05, 3.63) is 60.9 Å². The maximum absolute atomic E-state index is 14.9. The van der Waals surface area contributed by atoms with E-state index in [0.29, 0.717) is 46.5 Å². The van der Waals surface area contributed by atoms with Crippen LogP contribution in [-0.2, 0) is 29.2 Å². The van der Waals surface area contributed by atoms with Crippen molar-refractivity contribution in [1.29, 1.82) is 0 Å². The van der Waals surface area contributed by atoms with Gasteiger partial charge in [0.15, 0.2) is 0 Å². The highest BCUT2D eigenvalue weighted by atomic mass is 32.2. The first kappa shape index (κ1) is 44.8. The monoisotopic (exact) mass is 882 g/mol. The van der Waals surface area contributed by atoms with Crippen LogP contribution in [0.3, 0.4) is 0 Å². The predicted molar refractivity (Wildman–Crippen MR) is 223 cm³/mol. The molecule has 2 aliphatic carbocycles. The van der Waals surface area contributed by atoms with Gasteiger partial charge in [0.1, 0.15) is 29.2 Å². The van der Waals surface area contributed by atoms with Gasteiger partial charge in [-0.15, -0.1) is 6.58 Å². The van der Waals surface area contributed by atoms with Crippen LogP contribution in [0, 0.1) is 30.1 Å². The highest BCUT2D eigenvalue weighted by molar-refractivity contribution is 7.91. The van der Waals surface area contributed by atoms with Crippen molar-refractivity contribution in [1.82, 2.24) is 29.8 Å². The molecular weight excluding hydrogens is 830 g/mol. The number of amides is 4. The van der Waals surface area contributed by atoms with Gasteiger partial charge in [0.05, 0.1) is 42.0 Å². The molecule has 3 aromatic rings. The van der Waals surface area contributed by atoms with Crippen LogP contribution >= 0.6 is 0 Å². The van der Waals surface area contributed by atoms with E-state index >= 15 is 0 Å². The molecule has 2 aliphatic heterocycles. The van der Waals surface area contributed by atoms with Crippen molar-refractivity contribution >= 4 is 44.6 Å². The Morgan fingerprint density at radius 1 is 1.06 bits per heavy atom. The van der Waals surface area contributed by atoms with Gasteiger partial charge < -0.3 is 24.6 Å². The topological polar surface area (TPSA) is 177 Å². The van der Waals surface area contributed by atoms with Gasteiger partial charge in [0, 0.05) is 66.8 Å². The van der Waals surface area contributed by atoms with Gasteiger partial charge in [0.25, 0.3) is 5.91 Å². The van der Waals surface area contributed by atoms with Gasteiger partial charge in [-0.3, -0.25) is 28.9 Å². The number of aryl methyl sites for hydroxylation is 1. The molecule has 2 N–H and O–H groups in total. The fourth-order valence-electron chi connectivity index (χ4n) is 8.66. The lowest BCUT2D eigenvalue weighted by atomic mass is 9.77. The van der Waals surface area contributed by atoms with Gasteiger partial charge >= 0.3 is 6.18 Å². The summed E-state index contributed by atoms with van der Waals surface area (Å²) in [5, 5.41) is 2.73. The van der Waals surface area contributed by atoms with Crippen molar-refractivity contribution in [2.75, 3.05) is 26.7 Å². The molecule has 2 aromatic heterocycles. The van der Waals surface area contributed by atoms with Gasteiger partial charge in [-0.05, 0) is 68.7 Å². The normalized spacial score (nSPS) is 23.7. The first-order chi connectivity index (χ1) is 29.2. The number of nitrogens with zero attached hydrogens (tertiary/aromatic N) is 4. The van der Waals surface area contributed by atoms with Crippen LogP contribution in [-0.4, -0.2) is 108 Å². The average molecular weight is 883 g/mol. The molecule has 14 nitrogen and oxygen atoms in total. The highest BCUT2D eigenvalue weighted by Gasteiger charge is 2.62. The molecule has 1 aromatic carbocycles. The Hall–Kier alpha value is -5.26. The van der Waals surface area contributed by atoms with Crippen LogP contribution in [0.25, 0.3) is 22.2 Å². The number of nitrogens with one attached hydrogen (secondary N) is 2. The molecule has 62 heavy (non-hydrogen) atoms. The minimum Gasteiger partial charge on any atom is -0.496 e. The van der Waals surface area contributed by atoms with Gasteiger partial charge in [-0.2, -0.15) is 13.2 Å². The number of ether oxygens (including phenoxy) is 2. The summed E-state index contributed by atoms with van der Waals surface area (Å²) in [4.78, 5) is 68.8. The fourth-order valence-corrected chi connectivity index (χ4v) is 10.0. The molecule has 334 valence electrons. The molecule has 4 fully saturated rings. The Morgan fingerprint density at radius 2 is 1.77 bits per heavy atom. The molecule has 2 saturated carbocycles. The zero-order chi connectivity index (χ0) is 44.9. The van der Waals surface area contributed by atoms with Crippen molar-refractivity contribution in [3.8, 4) is 22.8 Å². The number of benzene rings is 1. The molecule has 0 spiro atoms. The smallest absolute Gasteiger partial charge is 0.391 e. The summed E-state index contributed by atoms with van der Waals surface area (Å²) < 4.78 is 80.5. The number of pyridine rings is 2. The Morgan fingerprint density at radius 3 is 2.35 bits per heavy atom. The quantitative estimate of drug-likeness (QED) is 0.209. The van der Waals surface area contributed by atoms with Gasteiger partial charge in [-0.1, -0.05) is 26.8 Å². The number of sulfonamides is 1. The molecule has 0 radical (unpaired) electrons. The number of methoxy groups -OCH3 is 1. The van der Waals surface area contributed by atoms with E-state index in [1.807, 2.05) is 13.0 Å². The number of carbonyl (C=O) groups is 4. The van der Waals surface area contributed by atoms with E-state index in [1.165, 1.54) is 15.9 Å². The largest absolute Gasteiger partial charge is 0.496 e. The van der Waals surface area contributed by atoms with Crippen LogP contribution in [0.15, 0.2) is 55.4 Å². The van der Waals surface area contributed by atoms with Crippen LogP contribution in [0.1, 0.15) is 71.3 Å². The maximum Gasteiger partial charge on any atom is 0.391 e. The number of piperidine rings is 1. The van der Waals surface area contributed by atoms with Crippen LogP contribution in [0.4, 0.5) is 13.2 Å². The number of hydrogen-bond donors (Lipinski definition) is 2. The zero-order valence-electron chi connectivity index (χ0n) is 35.5. The first-order valence-corrected chi connectivity index (χ1v) is 22.4. The molecule has 5 atom stereocenters. The number of fused-ring (bicyclic) bond motifs is 1. The highest BCUT2D eigenvalue weighted by Crippen LogP contribution is 2.46. The summed E-state index contributed by atoms with van der Waals surface area (Å²) in [7, 11) is -2.42. The lowest BCUT2D eigenvalue weighted by Gasteiger charge is -2.37. The molecule has 7 rings (SSSR count). The average Bonchev–Trinajstić information content (AvgIpc) is 4.16. The Kier molecular flexibility index (Phi) is 12.1. The molecule has 18 heteroatoms.